The van der Waals surface area contributed by atoms with E-state index in [4.69, 9.17) is 23.2 Å². The Hall–Kier alpha value is -0.620. The summed E-state index contributed by atoms with van der Waals surface area (Å²) >= 11 is 16.8. The minimum Gasteiger partial charge on any atom is -0.217 e. The number of benzene rings is 1. The molecular weight excluding hydrogens is 345 g/mol. The molecule has 2 heterocycles. The molecule has 0 fully saturated rings. The maximum absolute atomic E-state index is 6.13. The van der Waals surface area contributed by atoms with Gasteiger partial charge in [0, 0.05) is 10.6 Å². The highest BCUT2D eigenvalue weighted by Crippen LogP contribution is 2.31. The topological polar surface area (TPSA) is 30.2 Å². The van der Waals surface area contributed by atoms with Gasteiger partial charge in [-0.15, -0.1) is 5.10 Å². The van der Waals surface area contributed by atoms with Gasteiger partial charge in [-0.3, -0.25) is 0 Å². The molecule has 0 N–H and O–H groups in total. The van der Waals surface area contributed by atoms with Crippen LogP contribution in [0.4, 0.5) is 0 Å². The fourth-order valence-corrected chi connectivity index (χ4v) is 3.22. The molecule has 0 aliphatic rings. The molecule has 86 valence electrons. The van der Waals surface area contributed by atoms with E-state index < -0.39 is 0 Å². The zero-order valence-electron chi connectivity index (χ0n) is 8.19. The van der Waals surface area contributed by atoms with Crippen LogP contribution in [0.15, 0.2) is 28.3 Å². The molecule has 3 nitrogen and oxygen atoms in total. The predicted octanol–water partition coefficient (Wildman–Crippen LogP) is 4.53. The summed E-state index contributed by atoms with van der Waals surface area (Å²) in [7, 11) is 0. The zero-order valence-corrected chi connectivity index (χ0v) is 12.1. The Labute approximate surface area is 119 Å². The van der Waals surface area contributed by atoms with Crippen molar-refractivity contribution < 1.29 is 0 Å². The van der Waals surface area contributed by atoms with Crippen molar-refractivity contribution >= 4 is 55.4 Å². The van der Waals surface area contributed by atoms with Gasteiger partial charge < -0.3 is 0 Å². The van der Waals surface area contributed by atoms with Crippen molar-refractivity contribution in [3.05, 3.63) is 38.4 Å². The highest BCUT2D eigenvalue weighted by Gasteiger charge is 2.11. The van der Waals surface area contributed by atoms with Gasteiger partial charge in [-0.25, -0.2) is 9.50 Å². The normalized spacial score (nSPS) is 11.2. The first kappa shape index (κ1) is 11.5. The van der Waals surface area contributed by atoms with Crippen molar-refractivity contribution in [2.45, 2.75) is 0 Å². The highest BCUT2D eigenvalue weighted by atomic mass is 79.9. The van der Waals surface area contributed by atoms with Crippen LogP contribution in [-0.2, 0) is 0 Å². The molecule has 0 atom stereocenters. The lowest BCUT2D eigenvalue weighted by Gasteiger charge is -2.00. The Bertz CT molecular complexity index is 675. The van der Waals surface area contributed by atoms with Crippen molar-refractivity contribution in [3.8, 4) is 11.3 Å². The van der Waals surface area contributed by atoms with Crippen LogP contribution in [0.1, 0.15) is 0 Å². The molecule has 0 bridgehead atoms. The van der Waals surface area contributed by atoms with Gasteiger partial charge in [0.15, 0.2) is 3.92 Å². The average Bonchev–Trinajstić information content (AvgIpc) is 2.74. The van der Waals surface area contributed by atoms with E-state index in [0.29, 0.717) is 10.0 Å². The van der Waals surface area contributed by atoms with E-state index in [9.17, 15) is 0 Å². The summed E-state index contributed by atoms with van der Waals surface area (Å²) in [6.45, 7) is 0. The minimum absolute atomic E-state index is 0.585. The molecule has 0 aliphatic heterocycles. The van der Waals surface area contributed by atoms with Gasteiger partial charge in [0.25, 0.3) is 0 Å². The Morgan fingerprint density at radius 1 is 1.29 bits per heavy atom. The van der Waals surface area contributed by atoms with Crippen LogP contribution in [0.3, 0.4) is 0 Å². The third-order valence-electron chi connectivity index (χ3n) is 2.23. The van der Waals surface area contributed by atoms with Crippen molar-refractivity contribution in [2.24, 2.45) is 0 Å². The van der Waals surface area contributed by atoms with Gasteiger partial charge in [0.05, 0.1) is 16.9 Å². The van der Waals surface area contributed by atoms with Crippen LogP contribution in [-0.4, -0.2) is 14.6 Å². The van der Waals surface area contributed by atoms with E-state index in [1.165, 1.54) is 11.3 Å². The van der Waals surface area contributed by atoms with Gasteiger partial charge in [-0.1, -0.05) is 34.5 Å². The Balaban J connectivity index is 2.16. The summed E-state index contributed by atoms with van der Waals surface area (Å²) in [6.07, 6.45) is 1.84. The lowest BCUT2D eigenvalue weighted by atomic mass is 10.2. The van der Waals surface area contributed by atoms with Gasteiger partial charge in [0.1, 0.15) is 0 Å². The van der Waals surface area contributed by atoms with Crippen LogP contribution >= 0.6 is 50.5 Å². The number of hydrogen-bond donors (Lipinski definition) is 0. The maximum atomic E-state index is 6.13. The summed E-state index contributed by atoms with van der Waals surface area (Å²) in [5.41, 5.74) is 1.64. The van der Waals surface area contributed by atoms with Crippen LogP contribution in [0, 0.1) is 0 Å². The highest BCUT2D eigenvalue weighted by molar-refractivity contribution is 9.11. The van der Waals surface area contributed by atoms with Crippen LogP contribution in [0.25, 0.3) is 16.2 Å². The van der Waals surface area contributed by atoms with Crippen molar-refractivity contribution in [1.82, 2.24) is 14.6 Å². The van der Waals surface area contributed by atoms with E-state index >= 15 is 0 Å². The number of rotatable bonds is 1. The SMILES string of the molecule is Clc1ccc(-c2cn3nc(Br)sc3n2)c(Cl)c1. The molecule has 0 saturated heterocycles. The summed E-state index contributed by atoms with van der Waals surface area (Å²) in [5, 5.41) is 5.42. The summed E-state index contributed by atoms with van der Waals surface area (Å²) in [6, 6.07) is 5.35. The second-order valence-electron chi connectivity index (χ2n) is 3.33. The van der Waals surface area contributed by atoms with Gasteiger partial charge >= 0.3 is 0 Å². The molecule has 0 saturated carbocycles. The third kappa shape index (κ3) is 2.08. The third-order valence-corrected chi connectivity index (χ3v) is 4.13. The summed E-state index contributed by atoms with van der Waals surface area (Å²) in [5.74, 6) is 0. The van der Waals surface area contributed by atoms with Gasteiger partial charge in [-0.05, 0) is 34.1 Å². The van der Waals surface area contributed by atoms with E-state index in [2.05, 4.69) is 26.0 Å². The summed E-state index contributed by atoms with van der Waals surface area (Å²) < 4.78 is 2.52. The molecule has 3 aromatic rings. The Kier molecular flexibility index (Phi) is 2.86. The molecular formula is C10H4BrCl2N3S. The van der Waals surface area contributed by atoms with E-state index in [0.717, 1.165) is 20.1 Å². The molecule has 0 aliphatic carbocycles. The smallest absolute Gasteiger partial charge is 0.213 e. The first-order chi connectivity index (χ1) is 8.13. The van der Waals surface area contributed by atoms with Crippen molar-refractivity contribution in [1.29, 1.82) is 0 Å². The average molecular weight is 349 g/mol. The maximum Gasteiger partial charge on any atom is 0.213 e. The van der Waals surface area contributed by atoms with Crippen molar-refractivity contribution in [2.75, 3.05) is 0 Å². The van der Waals surface area contributed by atoms with E-state index in [1.807, 2.05) is 12.3 Å². The second-order valence-corrected chi connectivity index (χ2v) is 6.41. The lowest BCUT2D eigenvalue weighted by Crippen LogP contribution is -1.80. The fraction of sp³-hybridized carbons (Fsp3) is 0. The number of nitrogens with zero attached hydrogens (tertiary/aromatic N) is 3. The monoisotopic (exact) mass is 347 g/mol. The van der Waals surface area contributed by atoms with Crippen LogP contribution in [0.2, 0.25) is 10.0 Å². The molecule has 17 heavy (non-hydrogen) atoms. The number of fused-ring (bicyclic) bond motifs is 1. The lowest BCUT2D eigenvalue weighted by molar-refractivity contribution is 0.959. The van der Waals surface area contributed by atoms with Crippen LogP contribution < -0.4 is 0 Å². The van der Waals surface area contributed by atoms with Crippen LogP contribution in [0.5, 0.6) is 0 Å². The predicted molar refractivity (Wildman–Crippen MR) is 74.0 cm³/mol. The fourth-order valence-electron chi connectivity index (χ4n) is 1.50. The molecule has 0 unspecified atom stereocenters. The molecule has 3 rings (SSSR count). The number of aromatic nitrogens is 3. The second kappa shape index (κ2) is 4.24. The molecule has 0 radical (unpaired) electrons. The molecule has 0 amide bonds. The van der Waals surface area contributed by atoms with E-state index in [1.54, 1.807) is 16.6 Å². The number of halogens is 3. The van der Waals surface area contributed by atoms with Crippen molar-refractivity contribution in [3.63, 3.8) is 0 Å². The molecule has 7 heteroatoms. The Morgan fingerprint density at radius 3 is 2.82 bits per heavy atom. The largest absolute Gasteiger partial charge is 0.217 e. The minimum atomic E-state index is 0.585. The standard InChI is InChI=1S/C10H4BrCl2N3S/c11-9-15-16-4-8(14-10(16)17-9)6-2-1-5(12)3-7(6)13/h1-4H. The Morgan fingerprint density at radius 2 is 2.12 bits per heavy atom. The van der Waals surface area contributed by atoms with Gasteiger partial charge in [-0.2, -0.15) is 0 Å². The summed E-state index contributed by atoms with van der Waals surface area (Å²) in [4.78, 5) is 5.27. The first-order valence-corrected chi connectivity index (χ1v) is 6.97. The number of hydrogen-bond acceptors (Lipinski definition) is 3. The molecule has 0 spiro atoms. The molecule has 1 aromatic carbocycles. The van der Waals surface area contributed by atoms with E-state index in [-0.39, 0.29) is 0 Å². The number of imidazole rings is 1. The van der Waals surface area contributed by atoms with Gasteiger partial charge in [0.2, 0.25) is 4.96 Å². The first-order valence-electron chi connectivity index (χ1n) is 4.60. The zero-order chi connectivity index (χ0) is 12.0. The quantitative estimate of drug-likeness (QED) is 0.646. The molecule has 2 aromatic heterocycles.